The molecule has 0 saturated heterocycles. The van der Waals surface area contributed by atoms with E-state index >= 15 is 0 Å². The predicted molar refractivity (Wildman–Crippen MR) is 94.6 cm³/mol. The molecule has 0 aliphatic rings. The van der Waals surface area contributed by atoms with Crippen LogP contribution < -0.4 is 10.9 Å². The molecule has 0 bridgehead atoms. The number of carbonyl (C=O) groups excluding carboxylic acids is 1. The van der Waals surface area contributed by atoms with E-state index in [9.17, 15) is 9.59 Å². The molecule has 128 valence electrons. The Morgan fingerprint density at radius 2 is 1.76 bits per heavy atom. The van der Waals surface area contributed by atoms with E-state index in [2.05, 4.69) is 25.3 Å². The molecule has 0 atom stereocenters. The van der Waals surface area contributed by atoms with Crippen molar-refractivity contribution in [2.24, 2.45) is 0 Å². The summed E-state index contributed by atoms with van der Waals surface area (Å²) < 4.78 is 0. The second-order valence-electron chi connectivity index (χ2n) is 5.94. The highest BCUT2D eigenvalue weighted by Crippen LogP contribution is 2.14. The number of hydrogen-bond donors (Lipinski definition) is 2. The van der Waals surface area contributed by atoms with Gasteiger partial charge in [-0.05, 0) is 39.0 Å². The molecule has 0 saturated carbocycles. The number of aromatic amines is 1. The van der Waals surface area contributed by atoms with Gasteiger partial charge in [-0.1, -0.05) is 0 Å². The molecule has 0 aliphatic carbocycles. The standard InChI is InChI=1S/C18H19N5O2/c1-10-8-17(24)23-16(20-10)6-7-19-18(25)13-4-5-14-15(9-13)22-12(3)11(2)21-14/h4-5,8-9H,6-7H2,1-3H3,(H,19,25)(H,20,23,24). The number of nitrogens with one attached hydrogen (secondary N) is 2. The van der Waals surface area contributed by atoms with Crippen LogP contribution in [0.15, 0.2) is 29.1 Å². The van der Waals surface area contributed by atoms with Gasteiger partial charge in [0.1, 0.15) is 5.82 Å². The normalized spacial score (nSPS) is 10.8. The molecule has 0 unspecified atom stereocenters. The van der Waals surface area contributed by atoms with E-state index in [4.69, 9.17) is 0 Å². The Labute approximate surface area is 144 Å². The number of H-pyrrole nitrogens is 1. The molecule has 3 aromatic rings. The van der Waals surface area contributed by atoms with E-state index in [1.54, 1.807) is 25.1 Å². The number of amides is 1. The summed E-state index contributed by atoms with van der Waals surface area (Å²) in [6.07, 6.45) is 0.453. The number of nitrogens with zero attached hydrogens (tertiary/aromatic N) is 3. The highest BCUT2D eigenvalue weighted by atomic mass is 16.1. The molecule has 1 aromatic carbocycles. The monoisotopic (exact) mass is 337 g/mol. The van der Waals surface area contributed by atoms with Crippen LogP contribution in [0.25, 0.3) is 11.0 Å². The highest BCUT2D eigenvalue weighted by Gasteiger charge is 2.09. The first-order chi connectivity index (χ1) is 11.9. The smallest absolute Gasteiger partial charge is 0.251 e. The van der Waals surface area contributed by atoms with E-state index in [-0.39, 0.29) is 11.5 Å². The lowest BCUT2D eigenvalue weighted by Gasteiger charge is -2.07. The van der Waals surface area contributed by atoms with Gasteiger partial charge in [0.05, 0.1) is 22.4 Å². The maximum absolute atomic E-state index is 12.3. The van der Waals surface area contributed by atoms with Gasteiger partial charge in [-0.3, -0.25) is 9.59 Å². The first-order valence-corrected chi connectivity index (χ1v) is 8.02. The van der Waals surface area contributed by atoms with Crippen molar-refractivity contribution >= 4 is 16.9 Å². The van der Waals surface area contributed by atoms with Gasteiger partial charge >= 0.3 is 0 Å². The van der Waals surface area contributed by atoms with Gasteiger partial charge in [0.2, 0.25) is 0 Å². The molecular formula is C18H19N5O2. The topological polar surface area (TPSA) is 101 Å². The molecular weight excluding hydrogens is 318 g/mol. The average Bonchev–Trinajstić information content (AvgIpc) is 2.54. The first-order valence-electron chi connectivity index (χ1n) is 8.02. The van der Waals surface area contributed by atoms with E-state index in [1.807, 2.05) is 13.8 Å². The van der Waals surface area contributed by atoms with Crippen LogP contribution in [0.1, 0.15) is 33.3 Å². The van der Waals surface area contributed by atoms with Gasteiger partial charge in [0.25, 0.3) is 11.5 Å². The second-order valence-corrected chi connectivity index (χ2v) is 5.94. The molecule has 7 heteroatoms. The number of benzene rings is 1. The quantitative estimate of drug-likeness (QED) is 0.753. The summed E-state index contributed by atoms with van der Waals surface area (Å²) in [4.78, 5) is 39.6. The van der Waals surface area contributed by atoms with E-state index in [0.717, 1.165) is 16.9 Å². The largest absolute Gasteiger partial charge is 0.352 e. The maximum Gasteiger partial charge on any atom is 0.251 e. The van der Waals surface area contributed by atoms with Crippen LogP contribution in [0.2, 0.25) is 0 Å². The first kappa shape index (κ1) is 16.8. The number of aromatic nitrogens is 4. The Kier molecular flexibility index (Phi) is 4.56. The van der Waals surface area contributed by atoms with Gasteiger partial charge in [0, 0.05) is 30.3 Å². The summed E-state index contributed by atoms with van der Waals surface area (Å²) in [5, 5.41) is 2.83. The zero-order valence-corrected chi connectivity index (χ0v) is 14.4. The molecule has 2 heterocycles. The Bertz CT molecular complexity index is 1010. The molecule has 2 N–H and O–H groups in total. The van der Waals surface area contributed by atoms with Gasteiger partial charge in [-0.15, -0.1) is 0 Å². The van der Waals surface area contributed by atoms with Crippen LogP contribution >= 0.6 is 0 Å². The number of aryl methyl sites for hydroxylation is 3. The summed E-state index contributed by atoms with van der Waals surface area (Å²) in [5.41, 5.74) is 4.18. The minimum atomic E-state index is -0.197. The van der Waals surface area contributed by atoms with Crippen LogP contribution in [-0.4, -0.2) is 32.4 Å². The Morgan fingerprint density at radius 3 is 2.48 bits per heavy atom. The molecule has 0 aliphatic heterocycles. The summed E-state index contributed by atoms with van der Waals surface area (Å²) in [6.45, 7) is 5.94. The maximum atomic E-state index is 12.3. The molecule has 0 spiro atoms. The van der Waals surface area contributed by atoms with Crippen LogP contribution in [0.4, 0.5) is 0 Å². The fraction of sp³-hybridized carbons (Fsp3) is 0.278. The molecule has 25 heavy (non-hydrogen) atoms. The van der Waals surface area contributed by atoms with Gasteiger partial charge in [-0.2, -0.15) is 0 Å². The molecule has 0 radical (unpaired) electrons. The van der Waals surface area contributed by atoms with Crippen LogP contribution in [0, 0.1) is 20.8 Å². The summed E-state index contributed by atoms with van der Waals surface area (Å²) in [7, 11) is 0. The molecule has 0 fully saturated rings. The molecule has 7 nitrogen and oxygen atoms in total. The third kappa shape index (κ3) is 3.88. The lowest BCUT2D eigenvalue weighted by Crippen LogP contribution is -2.27. The Balaban J connectivity index is 1.69. The van der Waals surface area contributed by atoms with Gasteiger partial charge in [-0.25, -0.2) is 15.0 Å². The van der Waals surface area contributed by atoms with E-state index in [1.165, 1.54) is 6.07 Å². The van der Waals surface area contributed by atoms with Crippen molar-refractivity contribution in [3.8, 4) is 0 Å². The lowest BCUT2D eigenvalue weighted by atomic mass is 10.1. The van der Waals surface area contributed by atoms with E-state index < -0.39 is 0 Å². The van der Waals surface area contributed by atoms with Gasteiger partial charge < -0.3 is 10.3 Å². The number of rotatable bonds is 4. The van der Waals surface area contributed by atoms with Gasteiger partial charge in [0.15, 0.2) is 0 Å². The predicted octanol–water partition coefficient (Wildman–Crippen LogP) is 1.61. The zero-order valence-electron chi connectivity index (χ0n) is 14.4. The van der Waals surface area contributed by atoms with Crippen LogP contribution in [-0.2, 0) is 6.42 Å². The Morgan fingerprint density at radius 1 is 1.04 bits per heavy atom. The fourth-order valence-corrected chi connectivity index (χ4v) is 2.53. The summed E-state index contributed by atoms with van der Waals surface area (Å²) >= 11 is 0. The van der Waals surface area contributed by atoms with Crippen molar-refractivity contribution in [1.29, 1.82) is 0 Å². The van der Waals surface area contributed by atoms with Crippen molar-refractivity contribution in [3.63, 3.8) is 0 Å². The summed E-state index contributed by atoms with van der Waals surface area (Å²) in [5.74, 6) is 0.359. The third-order valence-electron chi connectivity index (χ3n) is 3.90. The Hall–Kier alpha value is -3.09. The molecule has 2 aromatic heterocycles. The van der Waals surface area contributed by atoms with Crippen LogP contribution in [0.3, 0.4) is 0 Å². The molecule has 3 rings (SSSR count). The minimum absolute atomic E-state index is 0.187. The number of hydrogen-bond acceptors (Lipinski definition) is 5. The lowest BCUT2D eigenvalue weighted by molar-refractivity contribution is 0.0954. The molecule has 1 amide bonds. The average molecular weight is 337 g/mol. The highest BCUT2D eigenvalue weighted by molar-refractivity contribution is 5.97. The van der Waals surface area contributed by atoms with Crippen molar-refractivity contribution in [3.05, 3.63) is 63.1 Å². The van der Waals surface area contributed by atoms with Crippen molar-refractivity contribution in [2.45, 2.75) is 27.2 Å². The van der Waals surface area contributed by atoms with Crippen molar-refractivity contribution in [1.82, 2.24) is 25.3 Å². The fourth-order valence-electron chi connectivity index (χ4n) is 2.53. The van der Waals surface area contributed by atoms with Crippen LogP contribution in [0.5, 0.6) is 0 Å². The van der Waals surface area contributed by atoms with E-state index in [0.29, 0.717) is 35.6 Å². The van der Waals surface area contributed by atoms with Crippen molar-refractivity contribution in [2.75, 3.05) is 6.54 Å². The number of carbonyl (C=O) groups is 1. The second kappa shape index (κ2) is 6.80. The minimum Gasteiger partial charge on any atom is -0.352 e. The SMILES string of the molecule is Cc1cc(=O)[nH]c(CCNC(=O)c2ccc3nc(C)c(C)nc3c2)n1. The summed E-state index contributed by atoms with van der Waals surface area (Å²) in [6, 6.07) is 6.69. The van der Waals surface area contributed by atoms with Crippen molar-refractivity contribution < 1.29 is 4.79 Å². The number of fused-ring (bicyclic) bond motifs is 1. The zero-order chi connectivity index (χ0) is 18.0. The third-order valence-corrected chi connectivity index (χ3v) is 3.90.